The summed E-state index contributed by atoms with van der Waals surface area (Å²) in [5.74, 6) is -2.53. The molecule has 0 spiro atoms. The molecule has 7 heteroatoms. The smallest absolute Gasteiger partial charge is 0.870 e. The van der Waals surface area contributed by atoms with Crippen molar-refractivity contribution in [3.8, 4) is 0 Å². The first-order valence-corrected chi connectivity index (χ1v) is 5.84. The number of rotatable bonds is 2. The molecule has 1 rings (SSSR count). The summed E-state index contributed by atoms with van der Waals surface area (Å²) < 4.78 is 0. The number of carboxylic acids is 2. The molecule has 0 saturated carbocycles. The van der Waals surface area contributed by atoms with E-state index in [4.69, 9.17) is 5.11 Å². The molecule has 0 saturated heterocycles. The minimum absolute atomic E-state index is 0. The molecule has 1 aromatic carbocycles. The summed E-state index contributed by atoms with van der Waals surface area (Å²) in [7, 11) is 0. The number of aromatic carboxylic acids is 2. The van der Waals surface area contributed by atoms with E-state index in [2.05, 4.69) is 12.5 Å². The molecule has 90 valence electrons. The second-order valence-electron chi connectivity index (χ2n) is 2.62. The van der Waals surface area contributed by atoms with Crippen LogP contribution in [0.25, 0.3) is 0 Å². The van der Waals surface area contributed by atoms with Crippen LogP contribution in [-0.2, 0) is 11.8 Å². The van der Waals surface area contributed by atoms with Crippen molar-refractivity contribution in [3.63, 3.8) is 0 Å². The van der Waals surface area contributed by atoms with Gasteiger partial charge in [-0.25, -0.2) is 4.79 Å². The maximum absolute atomic E-state index is 10.4. The van der Waals surface area contributed by atoms with E-state index in [0.29, 0.717) is 0 Å². The quantitative estimate of drug-likeness (QED) is 0.342. The van der Waals surface area contributed by atoms with Crippen molar-refractivity contribution in [1.82, 2.24) is 0 Å². The molecule has 0 fully saturated rings. The van der Waals surface area contributed by atoms with Crippen molar-refractivity contribution in [1.29, 1.82) is 0 Å². The van der Waals surface area contributed by atoms with Crippen LogP contribution in [0, 0.1) is 0 Å². The third-order valence-electron chi connectivity index (χ3n) is 1.35. The van der Waals surface area contributed by atoms with Gasteiger partial charge < -0.3 is 20.5 Å². The van der Waals surface area contributed by atoms with Crippen molar-refractivity contribution in [2.45, 2.75) is 0 Å². The third kappa shape index (κ3) is 9.20. The fourth-order valence-corrected chi connectivity index (χ4v) is 0.779. The van der Waals surface area contributed by atoms with Crippen LogP contribution in [0.1, 0.15) is 20.7 Å². The van der Waals surface area contributed by atoms with Crippen molar-refractivity contribution >= 4 is 23.7 Å². The molecule has 2 N–H and O–H groups in total. The molecular weight excluding hydrogens is 255 g/mol. The molecule has 0 aliphatic carbocycles. The van der Waals surface area contributed by atoms with E-state index in [0.717, 1.165) is 6.07 Å². The average molecular weight is 268 g/mol. The number of benzene rings is 1. The minimum atomic E-state index is -1.38. The predicted molar refractivity (Wildman–Crippen MR) is 60.3 cm³/mol. The van der Waals surface area contributed by atoms with Crippen LogP contribution in [0.4, 0.5) is 0 Å². The van der Waals surface area contributed by atoms with Crippen LogP contribution in [0.3, 0.4) is 0 Å². The maximum Gasteiger partial charge on any atom is 1.00 e. The zero-order valence-electron chi connectivity index (χ0n) is 9.88. The molecule has 0 heterocycles. The zero-order chi connectivity index (χ0) is 11.8. The summed E-state index contributed by atoms with van der Waals surface area (Å²) in [6, 6.07) is 5.00. The second kappa shape index (κ2) is 11.9. The molecular formula is C10H13NaO5S. The summed E-state index contributed by atoms with van der Waals surface area (Å²) in [5.41, 5.74) is -0.188. The molecule has 0 bridgehead atoms. The summed E-state index contributed by atoms with van der Waals surface area (Å²) >= 11 is 1.42. The Labute approximate surface area is 126 Å². The number of hydrogen-bond donors (Lipinski definition) is 1. The van der Waals surface area contributed by atoms with Gasteiger partial charge in [0, 0.05) is 0 Å². The van der Waals surface area contributed by atoms with Gasteiger partial charge in [0.15, 0.2) is 0 Å². The summed E-state index contributed by atoms with van der Waals surface area (Å²) in [4.78, 5) is 20.6. The molecule has 0 amide bonds. The zero-order valence-corrected chi connectivity index (χ0v) is 12.8. The monoisotopic (exact) mass is 268 g/mol. The van der Waals surface area contributed by atoms with Crippen molar-refractivity contribution in [3.05, 3.63) is 35.4 Å². The number of thiol groups is 1. The van der Waals surface area contributed by atoms with Gasteiger partial charge in [-0.1, -0.05) is 12.1 Å². The van der Waals surface area contributed by atoms with Crippen LogP contribution in [0.2, 0.25) is 0 Å². The van der Waals surface area contributed by atoms with E-state index in [9.17, 15) is 14.7 Å². The normalized spacial score (nSPS) is 7.65. The van der Waals surface area contributed by atoms with E-state index >= 15 is 0 Å². The molecule has 0 aliphatic rings. The minimum Gasteiger partial charge on any atom is -0.870 e. The molecule has 0 radical (unpaired) electrons. The number of carbonyl (C=O) groups is 2. The molecule has 5 nitrogen and oxygen atoms in total. The molecule has 0 aromatic heterocycles. The third-order valence-corrected chi connectivity index (χ3v) is 1.35. The summed E-state index contributed by atoms with van der Waals surface area (Å²) in [6.07, 6.45) is 4.19. The van der Waals surface area contributed by atoms with E-state index in [1.807, 2.05) is 0 Å². The van der Waals surface area contributed by atoms with E-state index in [1.165, 1.54) is 30.0 Å². The van der Waals surface area contributed by atoms with Gasteiger partial charge in [-0.05, 0) is 29.5 Å². The van der Waals surface area contributed by atoms with E-state index < -0.39 is 11.9 Å². The van der Waals surface area contributed by atoms with Gasteiger partial charge in [0.2, 0.25) is 0 Å². The molecule has 17 heavy (non-hydrogen) atoms. The average Bonchev–Trinajstić information content (AvgIpc) is 2.19. The van der Waals surface area contributed by atoms with Crippen LogP contribution < -0.4 is 34.7 Å². The Morgan fingerprint density at radius 3 is 2.00 bits per heavy atom. The topological polar surface area (TPSA) is 107 Å². The molecule has 0 atom stereocenters. The van der Waals surface area contributed by atoms with Crippen LogP contribution in [-0.4, -0.2) is 35.0 Å². The van der Waals surface area contributed by atoms with Crippen molar-refractivity contribution < 1.29 is 54.8 Å². The number of hydrogen-bond acceptors (Lipinski definition) is 4. The second-order valence-corrected chi connectivity index (χ2v) is 3.52. The van der Waals surface area contributed by atoms with E-state index in [-0.39, 0.29) is 46.2 Å². The van der Waals surface area contributed by atoms with Crippen LogP contribution in [0.15, 0.2) is 24.3 Å². The Bertz CT molecular complexity index is 327. The van der Waals surface area contributed by atoms with Gasteiger partial charge in [-0.3, -0.25) is 0 Å². The standard InChI is InChI=1S/C8H6O4.C2H6S.Na.H2O/c9-7(10)5-2-1-3-6(4-5)8(11)12;1-3-2;;/h1-4H,(H,9,10)(H,11,12);1-2H3;;1H2/q;;+1;/p-1. The fraction of sp³-hybridized carbons (Fsp3) is 0.200. The van der Waals surface area contributed by atoms with Gasteiger partial charge in [0.25, 0.3) is 0 Å². The summed E-state index contributed by atoms with van der Waals surface area (Å²) in [6.45, 7) is 0. The van der Waals surface area contributed by atoms with Gasteiger partial charge in [0.1, 0.15) is 0 Å². The van der Waals surface area contributed by atoms with Crippen LogP contribution >= 0.6 is 0 Å². The Morgan fingerprint density at radius 2 is 1.65 bits per heavy atom. The van der Waals surface area contributed by atoms with Gasteiger partial charge in [-0.2, -0.15) is 0 Å². The maximum atomic E-state index is 10.4. The number of carbonyl (C=O) groups excluding carboxylic acids is 1. The van der Waals surface area contributed by atoms with E-state index in [1.54, 1.807) is 0 Å². The molecule has 0 unspecified atom stereocenters. The first-order chi connectivity index (χ1) is 7.02. The molecule has 1 aromatic rings. The first kappa shape index (κ1) is 21.7. The first-order valence-electron chi connectivity index (χ1n) is 4.05. The summed E-state index contributed by atoms with van der Waals surface area (Å²) in [5, 5.41) is 18.7. The Balaban J connectivity index is -0.000000356. The van der Waals surface area contributed by atoms with Gasteiger partial charge >= 0.3 is 35.5 Å². The molecule has 0 aliphatic heterocycles. The SMILES string of the molecule is C[SH+]C.O=C([O-])c1cccc(C(=O)O)c1.[Na+].[OH-]. The fourth-order valence-electron chi connectivity index (χ4n) is 0.779. The predicted octanol–water partition coefficient (Wildman–Crippen LogP) is -3.36. The van der Waals surface area contributed by atoms with Crippen molar-refractivity contribution in [2.75, 3.05) is 12.5 Å². The Morgan fingerprint density at radius 1 is 1.24 bits per heavy atom. The largest absolute Gasteiger partial charge is 1.00 e. The van der Waals surface area contributed by atoms with Crippen LogP contribution in [0.5, 0.6) is 0 Å². The Kier molecular flexibility index (Phi) is 15.3. The van der Waals surface area contributed by atoms with Gasteiger partial charge in [0.05, 0.1) is 24.0 Å². The Hall–Kier alpha value is -0.530. The van der Waals surface area contributed by atoms with Crippen molar-refractivity contribution in [2.24, 2.45) is 0 Å². The van der Waals surface area contributed by atoms with Gasteiger partial charge in [-0.15, -0.1) is 0 Å². The number of carboxylic acid groups (broad SMARTS) is 2.